The number of nitrogens with zero attached hydrogens (tertiary/aromatic N) is 2. The number of rotatable bonds is 7. The summed E-state index contributed by atoms with van der Waals surface area (Å²) in [4.78, 5) is 53.2. The van der Waals surface area contributed by atoms with Crippen LogP contribution in [-0.2, 0) is 32.9 Å². The van der Waals surface area contributed by atoms with Crippen LogP contribution in [-0.4, -0.2) is 59.3 Å². The Morgan fingerprint density at radius 3 is 2.56 bits per heavy atom. The van der Waals surface area contributed by atoms with Gasteiger partial charge in [-0.15, -0.1) is 0 Å². The Labute approximate surface area is 227 Å². The average molecular weight is 531 g/mol. The first-order valence-corrected chi connectivity index (χ1v) is 14.0. The van der Waals surface area contributed by atoms with Crippen LogP contribution in [0, 0.1) is 0 Å². The third-order valence-electron chi connectivity index (χ3n) is 8.71. The van der Waals surface area contributed by atoms with Crippen LogP contribution in [0.3, 0.4) is 0 Å². The number of imide groups is 1. The Morgan fingerprint density at radius 1 is 0.923 bits per heavy atom. The standard InChI is InChI=1S/C30H34N4O5/c35-26-13-12-25(27(36)32-26)34-19-22-20(8-6-9-21(22)28(34)37)7-2-1-5-16-33-17-14-30(15-18-33)23-10-3-4-11-24(23)31-29(38)39-30/h3-4,6,8-11,25H,1-2,5,7,12-19H2,(H,31,38)(H,32,35,36). The molecule has 0 aliphatic carbocycles. The van der Waals surface area contributed by atoms with Crippen LogP contribution in [0.1, 0.15) is 72.0 Å². The Kier molecular flexibility index (Phi) is 6.85. The van der Waals surface area contributed by atoms with E-state index in [1.807, 2.05) is 30.3 Å². The highest BCUT2D eigenvalue weighted by atomic mass is 16.6. The van der Waals surface area contributed by atoms with E-state index in [2.05, 4.69) is 27.7 Å². The van der Waals surface area contributed by atoms with Gasteiger partial charge in [-0.2, -0.15) is 0 Å². The fraction of sp³-hybridized carbons (Fsp3) is 0.467. The van der Waals surface area contributed by atoms with E-state index in [1.54, 1.807) is 4.90 Å². The predicted molar refractivity (Wildman–Crippen MR) is 144 cm³/mol. The highest BCUT2D eigenvalue weighted by Gasteiger charge is 2.44. The highest BCUT2D eigenvalue weighted by molar-refractivity contribution is 6.05. The van der Waals surface area contributed by atoms with Crippen LogP contribution in [0.15, 0.2) is 42.5 Å². The molecule has 1 atom stereocenters. The molecule has 1 spiro atoms. The first kappa shape index (κ1) is 25.6. The molecule has 6 rings (SSSR count). The molecule has 4 amide bonds. The molecule has 1 unspecified atom stereocenters. The summed E-state index contributed by atoms with van der Waals surface area (Å²) in [7, 11) is 0. The quantitative estimate of drug-likeness (QED) is 0.417. The molecule has 0 radical (unpaired) electrons. The zero-order valence-corrected chi connectivity index (χ0v) is 22.0. The van der Waals surface area contributed by atoms with Gasteiger partial charge in [-0.1, -0.05) is 36.8 Å². The number of hydrogen-bond donors (Lipinski definition) is 2. The molecule has 4 aliphatic rings. The lowest BCUT2D eigenvalue weighted by Crippen LogP contribution is -2.52. The second-order valence-electron chi connectivity index (χ2n) is 11.0. The third-order valence-corrected chi connectivity index (χ3v) is 8.71. The molecule has 0 bridgehead atoms. The number of anilines is 1. The van der Waals surface area contributed by atoms with Gasteiger partial charge in [0.05, 0.1) is 5.69 Å². The smallest absolute Gasteiger partial charge is 0.412 e. The van der Waals surface area contributed by atoms with Gasteiger partial charge in [-0.05, 0) is 55.5 Å². The van der Waals surface area contributed by atoms with Crippen molar-refractivity contribution in [2.75, 3.05) is 25.0 Å². The summed E-state index contributed by atoms with van der Waals surface area (Å²) in [5, 5.41) is 5.19. The summed E-state index contributed by atoms with van der Waals surface area (Å²) in [6.45, 7) is 3.23. The number of nitrogens with one attached hydrogen (secondary N) is 2. The number of aryl methyl sites for hydroxylation is 1. The number of carbonyl (C=O) groups excluding carboxylic acids is 4. The van der Waals surface area contributed by atoms with E-state index in [0.717, 1.165) is 75.0 Å². The number of unbranched alkanes of at least 4 members (excludes halogenated alkanes) is 2. The Morgan fingerprint density at radius 2 is 1.74 bits per heavy atom. The molecule has 4 heterocycles. The lowest BCUT2D eigenvalue weighted by molar-refractivity contribution is -0.136. The van der Waals surface area contributed by atoms with Crippen molar-refractivity contribution < 1.29 is 23.9 Å². The van der Waals surface area contributed by atoms with Gasteiger partial charge in [0.1, 0.15) is 11.6 Å². The van der Waals surface area contributed by atoms with Gasteiger partial charge in [-0.3, -0.25) is 25.0 Å². The monoisotopic (exact) mass is 530 g/mol. The van der Waals surface area contributed by atoms with Gasteiger partial charge in [0.2, 0.25) is 11.8 Å². The van der Waals surface area contributed by atoms with Gasteiger partial charge in [0.15, 0.2) is 0 Å². The first-order valence-electron chi connectivity index (χ1n) is 14.0. The number of piperidine rings is 2. The van der Waals surface area contributed by atoms with Gasteiger partial charge in [-0.25, -0.2) is 4.79 Å². The second kappa shape index (κ2) is 10.4. The molecule has 2 aromatic carbocycles. The van der Waals surface area contributed by atoms with Crippen LogP contribution in [0.25, 0.3) is 0 Å². The van der Waals surface area contributed by atoms with Gasteiger partial charge < -0.3 is 14.5 Å². The summed E-state index contributed by atoms with van der Waals surface area (Å²) >= 11 is 0. The van der Waals surface area contributed by atoms with Crippen LogP contribution in [0.5, 0.6) is 0 Å². The highest BCUT2D eigenvalue weighted by Crippen LogP contribution is 2.43. The van der Waals surface area contributed by atoms with Crippen molar-refractivity contribution in [2.45, 2.75) is 69.6 Å². The topological polar surface area (TPSA) is 108 Å². The molecular formula is C30H34N4O5. The van der Waals surface area contributed by atoms with E-state index in [9.17, 15) is 19.2 Å². The molecule has 2 fully saturated rings. The van der Waals surface area contributed by atoms with E-state index in [4.69, 9.17) is 4.74 Å². The maximum Gasteiger partial charge on any atom is 0.412 e. The fourth-order valence-electron chi connectivity index (χ4n) is 6.58. The molecule has 2 N–H and O–H groups in total. The Hall–Kier alpha value is -3.72. The van der Waals surface area contributed by atoms with E-state index in [-0.39, 0.29) is 30.2 Å². The van der Waals surface area contributed by atoms with Gasteiger partial charge in [0, 0.05) is 50.0 Å². The van der Waals surface area contributed by atoms with Crippen molar-refractivity contribution in [1.29, 1.82) is 0 Å². The van der Waals surface area contributed by atoms with Crippen molar-refractivity contribution in [3.05, 3.63) is 64.7 Å². The van der Waals surface area contributed by atoms with E-state index >= 15 is 0 Å². The Balaban J connectivity index is 0.983. The number of benzene rings is 2. The third kappa shape index (κ3) is 4.91. The number of amides is 4. The minimum atomic E-state index is -0.582. The number of ether oxygens (including phenoxy) is 1. The SMILES string of the molecule is O=C1CCC(N2Cc3c(CCCCCN4CCC5(CC4)OC(=O)Nc4ccccc45)cccc3C2=O)C(=O)N1. The molecule has 204 valence electrons. The minimum Gasteiger partial charge on any atom is -0.438 e. The van der Waals surface area contributed by atoms with Crippen LogP contribution >= 0.6 is 0 Å². The maximum absolute atomic E-state index is 13.0. The summed E-state index contributed by atoms with van der Waals surface area (Å²) in [6, 6.07) is 13.2. The largest absolute Gasteiger partial charge is 0.438 e. The molecule has 9 nitrogen and oxygen atoms in total. The zero-order chi connectivity index (χ0) is 27.0. The molecule has 9 heteroatoms. The van der Waals surface area contributed by atoms with Gasteiger partial charge >= 0.3 is 6.09 Å². The van der Waals surface area contributed by atoms with Crippen molar-refractivity contribution in [2.24, 2.45) is 0 Å². The van der Waals surface area contributed by atoms with Crippen LogP contribution in [0.4, 0.5) is 10.5 Å². The molecule has 39 heavy (non-hydrogen) atoms. The summed E-state index contributed by atoms with van der Waals surface area (Å²) < 4.78 is 5.84. The van der Waals surface area contributed by atoms with Crippen molar-refractivity contribution in [3.63, 3.8) is 0 Å². The molecule has 0 aromatic heterocycles. The molecule has 4 aliphatic heterocycles. The fourth-order valence-corrected chi connectivity index (χ4v) is 6.58. The number of para-hydroxylation sites is 1. The maximum atomic E-state index is 13.0. The molecule has 0 saturated carbocycles. The van der Waals surface area contributed by atoms with E-state index in [0.29, 0.717) is 18.5 Å². The number of likely N-dealkylation sites (tertiary alicyclic amines) is 1. The van der Waals surface area contributed by atoms with Crippen molar-refractivity contribution in [3.8, 4) is 0 Å². The lowest BCUT2D eigenvalue weighted by atomic mass is 9.82. The van der Waals surface area contributed by atoms with E-state index in [1.165, 1.54) is 5.56 Å². The normalized spacial score (nSPS) is 22.3. The van der Waals surface area contributed by atoms with Crippen LogP contribution in [0.2, 0.25) is 0 Å². The lowest BCUT2D eigenvalue weighted by Gasteiger charge is -2.44. The zero-order valence-electron chi connectivity index (χ0n) is 22.0. The first-order chi connectivity index (χ1) is 18.9. The second-order valence-corrected chi connectivity index (χ2v) is 11.0. The molecular weight excluding hydrogens is 496 g/mol. The number of carbonyl (C=O) groups is 4. The summed E-state index contributed by atoms with van der Waals surface area (Å²) in [5.41, 5.74) is 4.28. The van der Waals surface area contributed by atoms with Crippen molar-refractivity contribution in [1.82, 2.24) is 15.1 Å². The predicted octanol–water partition coefficient (Wildman–Crippen LogP) is 3.71. The Bertz CT molecular complexity index is 1320. The number of fused-ring (bicyclic) bond motifs is 3. The number of hydrogen-bond acceptors (Lipinski definition) is 6. The van der Waals surface area contributed by atoms with Gasteiger partial charge in [0.25, 0.3) is 5.91 Å². The summed E-state index contributed by atoms with van der Waals surface area (Å²) in [6.07, 6.45) is 5.95. The minimum absolute atomic E-state index is 0.119. The van der Waals surface area contributed by atoms with Crippen molar-refractivity contribution >= 4 is 29.5 Å². The van der Waals surface area contributed by atoms with E-state index < -0.39 is 11.6 Å². The summed E-state index contributed by atoms with van der Waals surface area (Å²) in [5.74, 6) is -0.767. The average Bonchev–Trinajstić information content (AvgIpc) is 3.26. The molecule has 2 saturated heterocycles. The molecule has 2 aromatic rings. The van der Waals surface area contributed by atoms with Crippen LogP contribution < -0.4 is 10.6 Å².